The Balaban J connectivity index is 2.13. The van der Waals surface area contributed by atoms with Crippen molar-refractivity contribution < 1.29 is 13.9 Å². The Morgan fingerprint density at radius 2 is 1.95 bits per heavy atom. The van der Waals surface area contributed by atoms with E-state index in [1.165, 1.54) is 13.2 Å². The molecule has 2 aromatic rings. The Kier molecular flexibility index (Phi) is 5.17. The lowest BCUT2D eigenvalue weighted by atomic mass is 10.0. The summed E-state index contributed by atoms with van der Waals surface area (Å²) in [5.74, 6) is 0.846. The van der Waals surface area contributed by atoms with Gasteiger partial charge in [-0.3, -0.25) is 0 Å². The minimum Gasteiger partial charge on any atom is -0.497 e. The Labute approximate surface area is 124 Å². The van der Waals surface area contributed by atoms with Gasteiger partial charge in [-0.2, -0.15) is 0 Å². The lowest BCUT2D eigenvalue weighted by Crippen LogP contribution is -2.11. The van der Waals surface area contributed by atoms with Crippen LogP contribution in [0, 0.1) is 5.82 Å². The molecular formula is C17H20FNO2. The Bertz CT molecular complexity index is 601. The molecule has 1 atom stereocenters. The van der Waals surface area contributed by atoms with Gasteiger partial charge in [0.15, 0.2) is 0 Å². The van der Waals surface area contributed by atoms with Crippen molar-refractivity contribution in [3.63, 3.8) is 0 Å². The highest BCUT2D eigenvalue weighted by Crippen LogP contribution is 2.26. The number of methoxy groups -OCH3 is 1. The molecule has 0 aliphatic carbocycles. The highest BCUT2D eigenvalue weighted by atomic mass is 19.1. The number of rotatable bonds is 6. The van der Waals surface area contributed by atoms with Crippen molar-refractivity contribution in [3.8, 4) is 11.5 Å². The van der Waals surface area contributed by atoms with Gasteiger partial charge in [-0.25, -0.2) is 4.39 Å². The topological polar surface area (TPSA) is 44.5 Å². The van der Waals surface area contributed by atoms with Crippen molar-refractivity contribution in [1.82, 2.24) is 0 Å². The van der Waals surface area contributed by atoms with Gasteiger partial charge in [-0.15, -0.1) is 0 Å². The van der Waals surface area contributed by atoms with E-state index in [0.29, 0.717) is 17.1 Å². The highest BCUT2D eigenvalue weighted by Gasteiger charge is 2.11. The van der Waals surface area contributed by atoms with Crippen LogP contribution in [0.5, 0.6) is 11.5 Å². The second kappa shape index (κ2) is 7.09. The Morgan fingerprint density at radius 1 is 1.19 bits per heavy atom. The zero-order valence-corrected chi connectivity index (χ0v) is 12.3. The van der Waals surface area contributed by atoms with Crippen LogP contribution >= 0.6 is 0 Å². The fourth-order valence-electron chi connectivity index (χ4n) is 2.07. The molecule has 0 saturated heterocycles. The summed E-state index contributed by atoms with van der Waals surface area (Å²) in [4.78, 5) is 0. The predicted octanol–water partition coefficient (Wildman–Crippen LogP) is 3.82. The molecule has 0 aromatic heterocycles. The van der Waals surface area contributed by atoms with Gasteiger partial charge >= 0.3 is 0 Å². The molecule has 0 bridgehead atoms. The van der Waals surface area contributed by atoms with E-state index < -0.39 is 0 Å². The standard InChI is InChI=1S/C17H20FNO2/c1-3-16(19)14-6-4-5-7-17(14)21-11-12-8-9-13(20-2)10-15(12)18/h4-10,16H,3,11,19H2,1-2H3/t16-/m0/s1. The monoisotopic (exact) mass is 289 g/mol. The molecule has 0 radical (unpaired) electrons. The van der Waals surface area contributed by atoms with Crippen molar-refractivity contribution in [2.45, 2.75) is 26.0 Å². The number of ether oxygens (including phenoxy) is 2. The molecule has 0 fully saturated rings. The van der Waals surface area contributed by atoms with Crippen molar-refractivity contribution in [1.29, 1.82) is 0 Å². The summed E-state index contributed by atoms with van der Waals surface area (Å²) in [5, 5.41) is 0. The summed E-state index contributed by atoms with van der Waals surface area (Å²) in [7, 11) is 1.51. The molecular weight excluding hydrogens is 269 g/mol. The van der Waals surface area contributed by atoms with Gasteiger partial charge in [-0.05, 0) is 24.6 Å². The molecule has 0 heterocycles. The minimum atomic E-state index is -0.341. The highest BCUT2D eigenvalue weighted by molar-refractivity contribution is 5.36. The minimum absolute atomic E-state index is 0.0816. The van der Waals surface area contributed by atoms with E-state index in [0.717, 1.165) is 12.0 Å². The van der Waals surface area contributed by atoms with Crippen molar-refractivity contribution in [2.75, 3.05) is 7.11 Å². The quantitative estimate of drug-likeness (QED) is 0.879. The first-order valence-electron chi connectivity index (χ1n) is 6.95. The van der Waals surface area contributed by atoms with Crippen LogP contribution in [0.15, 0.2) is 42.5 Å². The molecule has 2 aromatic carbocycles. The van der Waals surface area contributed by atoms with Gasteiger partial charge < -0.3 is 15.2 Å². The van der Waals surface area contributed by atoms with E-state index >= 15 is 0 Å². The third kappa shape index (κ3) is 3.73. The van der Waals surface area contributed by atoms with Crippen molar-refractivity contribution >= 4 is 0 Å². The van der Waals surface area contributed by atoms with Crippen molar-refractivity contribution in [3.05, 3.63) is 59.4 Å². The Hall–Kier alpha value is -2.07. The zero-order chi connectivity index (χ0) is 15.2. The molecule has 0 saturated carbocycles. The van der Waals surface area contributed by atoms with E-state index in [1.807, 2.05) is 31.2 Å². The fourth-order valence-corrected chi connectivity index (χ4v) is 2.07. The van der Waals surface area contributed by atoms with Gasteiger partial charge in [0, 0.05) is 23.2 Å². The maximum atomic E-state index is 13.9. The zero-order valence-electron chi connectivity index (χ0n) is 12.3. The summed E-state index contributed by atoms with van der Waals surface area (Å²) in [5.41, 5.74) is 7.48. The molecule has 0 aliphatic heterocycles. The third-order valence-electron chi connectivity index (χ3n) is 3.40. The smallest absolute Gasteiger partial charge is 0.133 e. The first-order chi connectivity index (χ1) is 10.2. The number of para-hydroxylation sites is 1. The molecule has 0 aliphatic rings. The largest absolute Gasteiger partial charge is 0.497 e. The first kappa shape index (κ1) is 15.3. The van der Waals surface area contributed by atoms with Gasteiger partial charge in [-0.1, -0.05) is 25.1 Å². The van der Waals surface area contributed by atoms with Gasteiger partial charge in [0.1, 0.15) is 23.9 Å². The number of hydrogen-bond donors (Lipinski definition) is 1. The molecule has 112 valence electrons. The van der Waals surface area contributed by atoms with Crippen LogP contribution < -0.4 is 15.2 Å². The number of halogens is 1. The molecule has 3 nitrogen and oxygen atoms in total. The summed E-state index contributed by atoms with van der Waals surface area (Å²) in [6.45, 7) is 2.17. The van der Waals surface area contributed by atoms with E-state index in [2.05, 4.69) is 0 Å². The predicted molar refractivity (Wildman–Crippen MR) is 80.9 cm³/mol. The maximum Gasteiger partial charge on any atom is 0.133 e. The van der Waals surface area contributed by atoms with Gasteiger partial charge in [0.05, 0.1) is 7.11 Å². The molecule has 2 N–H and O–H groups in total. The molecule has 4 heteroatoms. The van der Waals surface area contributed by atoms with Crippen LogP contribution in [0.2, 0.25) is 0 Å². The summed E-state index contributed by atoms with van der Waals surface area (Å²) < 4.78 is 24.6. The fraction of sp³-hybridized carbons (Fsp3) is 0.294. The van der Waals surface area contributed by atoms with E-state index in [4.69, 9.17) is 15.2 Å². The average molecular weight is 289 g/mol. The van der Waals surface area contributed by atoms with E-state index in [-0.39, 0.29) is 18.5 Å². The number of hydrogen-bond acceptors (Lipinski definition) is 3. The average Bonchev–Trinajstić information content (AvgIpc) is 2.53. The molecule has 21 heavy (non-hydrogen) atoms. The normalized spacial score (nSPS) is 12.0. The van der Waals surface area contributed by atoms with Crippen LogP contribution in [0.3, 0.4) is 0 Å². The molecule has 2 rings (SSSR count). The van der Waals surface area contributed by atoms with Crippen LogP contribution in [-0.4, -0.2) is 7.11 Å². The second-order valence-electron chi connectivity index (χ2n) is 4.80. The first-order valence-corrected chi connectivity index (χ1v) is 6.95. The van der Waals surface area contributed by atoms with E-state index in [1.54, 1.807) is 12.1 Å². The molecule has 0 unspecified atom stereocenters. The van der Waals surface area contributed by atoms with Gasteiger partial charge in [0.2, 0.25) is 0 Å². The lowest BCUT2D eigenvalue weighted by molar-refractivity contribution is 0.294. The molecule has 0 spiro atoms. The Morgan fingerprint density at radius 3 is 2.62 bits per heavy atom. The summed E-state index contributed by atoms with van der Waals surface area (Å²) in [6.07, 6.45) is 0.817. The summed E-state index contributed by atoms with van der Waals surface area (Å²) in [6, 6.07) is 12.2. The second-order valence-corrected chi connectivity index (χ2v) is 4.80. The van der Waals surface area contributed by atoms with Crippen LogP contribution in [0.4, 0.5) is 4.39 Å². The van der Waals surface area contributed by atoms with Crippen LogP contribution in [0.1, 0.15) is 30.5 Å². The SMILES string of the molecule is CC[C@H](N)c1ccccc1OCc1ccc(OC)cc1F. The number of benzene rings is 2. The maximum absolute atomic E-state index is 13.9. The van der Waals surface area contributed by atoms with Crippen molar-refractivity contribution in [2.24, 2.45) is 5.73 Å². The van der Waals surface area contributed by atoms with Crippen LogP contribution in [0.25, 0.3) is 0 Å². The lowest BCUT2D eigenvalue weighted by Gasteiger charge is -2.16. The van der Waals surface area contributed by atoms with Crippen LogP contribution in [-0.2, 0) is 6.61 Å². The molecule has 0 amide bonds. The third-order valence-corrected chi connectivity index (χ3v) is 3.40. The van der Waals surface area contributed by atoms with E-state index in [9.17, 15) is 4.39 Å². The summed E-state index contributed by atoms with van der Waals surface area (Å²) >= 11 is 0. The van der Waals surface area contributed by atoms with Gasteiger partial charge in [0.25, 0.3) is 0 Å². The number of nitrogens with two attached hydrogens (primary N) is 1.